The van der Waals surface area contributed by atoms with E-state index < -0.39 is 11.6 Å². The number of rotatable bonds is 3. The van der Waals surface area contributed by atoms with Gasteiger partial charge >= 0.3 is 0 Å². The van der Waals surface area contributed by atoms with Gasteiger partial charge < -0.3 is 10.4 Å². The van der Waals surface area contributed by atoms with Crippen LogP contribution < -0.4 is 5.32 Å². The van der Waals surface area contributed by atoms with Gasteiger partial charge in [-0.1, -0.05) is 12.1 Å². The van der Waals surface area contributed by atoms with Crippen LogP contribution in [0.2, 0.25) is 5.28 Å². The molecule has 0 saturated heterocycles. The van der Waals surface area contributed by atoms with E-state index in [2.05, 4.69) is 15.3 Å². The number of para-hydroxylation sites is 1. The third-order valence-corrected chi connectivity index (χ3v) is 3.23. The van der Waals surface area contributed by atoms with Crippen molar-refractivity contribution >= 4 is 28.3 Å². The minimum atomic E-state index is -0.523. The number of hydrogen-bond donors (Lipinski definition) is 2. The molecule has 18 heavy (non-hydrogen) atoms. The van der Waals surface area contributed by atoms with Crippen molar-refractivity contribution in [1.29, 1.82) is 0 Å². The molecule has 0 bridgehead atoms. The number of nitrogens with one attached hydrogen (secondary N) is 1. The van der Waals surface area contributed by atoms with Crippen molar-refractivity contribution in [3.05, 3.63) is 29.5 Å². The molecule has 0 fully saturated rings. The van der Waals surface area contributed by atoms with E-state index in [1.165, 1.54) is 0 Å². The summed E-state index contributed by atoms with van der Waals surface area (Å²) >= 11 is 5.91. The molecule has 1 aromatic heterocycles. The van der Waals surface area contributed by atoms with Crippen LogP contribution in [0.5, 0.6) is 0 Å². The smallest absolute Gasteiger partial charge is 0.224 e. The largest absolute Gasteiger partial charge is 0.391 e. The average Bonchev–Trinajstić information content (AvgIpc) is 2.28. The molecule has 0 spiro atoms. The van der Waals surface area contributed by atoms with E-state index in [9.17, 15) is 5.11 Å². The van der Waals surface area contributed by atoms with Gasteiger partial charge in [0.1, 0.15) is 5.82 Å². The van der Waals surface area contributed by atoms with Crippen LogP contribution in [0.15, 0.2) is 24.3 Å². The van der Waals surface area contributed by atoms with E-state index in [-0.39, 0.29) is 5.28 Å². The molecule has 0 amide bonds. The number of halogens is 1. The number of aliphatic hydroxyl groups is 1. The lowest BCUT2D eigenvalue weighted by Crippen LogP contribution is -2.42. The van der Waals surface area contributed by atoms with Gasteiger partial charge in [-0.05, 0) is 44.5 Å². The number of nitrogens with zero attached hydrogens (tertiary/aromatic N) is 2. The zero-order valence-electron chi connectivity index (χ0n) is 10.6. The summed E-state index contributed by atoms with van der Waals surface area (Å²) in [5.74, 6) is 0.636. The van der Waals surface area contributed by atoms with Crippen LogP contribution in [0.3, 0.4) is 0 Å². The lowest BCUT2D eigenvalue weighted by atomic mass is 9.98. The summed E-state index contributed by atoms with van der Waals surface area (Å²) in [6.45, 7) is 5.54. The number of aromatic nitrogens is 2. The fourth-order valence-corrected chi connectivity index (χ4v) is 1.73. The molecule has 1 atom stereocenters. The molecular weight excluding hydrogens is 250 g/mol. The fraction of sp³-hybridized carbons (Fsp3) is 0.385. The average molecular weight is 266 g/mol. The van der Waals surface area contributed by atoms with E-state index in [4.69, 9.17) is 11.6 Å². The van der Waals surface area contributed by atoms with Crippen molar-refractivity contribution < 1.29 is 5.11 Å². The Morgan fingerprint density at radius 1 is 1.28 bits per heavy atom. The van der Waals surface area contributed by atoms with Crippen LogP contribution in [0.4, 0.5) is 5.82 Å². The second-order valence-corrected chi connectivity index (χ2v) is 5.22. The van der Waals surface area contributed by atoms with Gasteiger partial charge in [0, 0.05) is 5.39 Å². The summed E-state index contributed by atoms with van der Waals surface area (Å²) in [7, 11) is 0. The third kappa shape index (κ3) is 2.54. The molecule has 2 N–H and O–H groups in total. The Balaban J connectivity index is 2.50. The summed E-state index contributed by atoms with van der Waals surface area (Å²) < 4.78 is 0. The monoisotopic (exact) mass is 265 g/mol. The quantitative estimate of drug-likeness (QED) is 0.838. The molecule has 2 rings (SSSR count). The van der Waals surface area contributed by atoms with Gasteiger partial charge in [0.25, 0.3) is 0 Å². The van der Waals surface area contributed by atoms with Crippen LogP contribution in [-0.2, 0) is 0 Å². The van der Waals surface area contributed by atoms with Gasteiger partial charge in [-0.2, -0.15) is 0 Å². The standard InChI is InChI=1S/C13H16ClN3O/c1-8(18)13(2,3)17-11-9-6-4-5-7-10(9)15-12(14)16-11/h4-8,18H,1-3H3,(H,15,16,17). The minimum absolute atomic E-state index is 0.192. The summed E-state index contributed by atoms with van der Waals surface area (Å²) in [6.07, 6.45) is -0.523. The maximum atomic E-state index is 9.74. The number of anilines is 1. The Labute approximate surface area is 111 Å². The molecule has 1 heterocycles. The molecule has 5 heteroatoms. The molecule has 2 aromatic rings. The van der Waals surface area contributed by atoms with E-state index >= 15 is 0 Å². The van der Waals surface area contributed by atoms with Crippen molar-refractivity contribution in [3.63, 3.8) is 0 Å². The molecule has 4 nitrogen and oxygen atoms in total. The fourth-order valence-electron chi connectivity index (χ4n) is 1.55. The van der Waals surface area contributed by atoms with Crippen molar-refractivity contribution in [2.24, 2.45) is 0 Å². The Morgan fingerprint density at radius 3 is 2.61 bits per heavy atom. The molecule has 1 unspecified atom stereocenters. The van der Waals surface area contributed by atoms with Crippen molar-refractivity contribution in [2.45, 2.75) is 32.4 Å². The zero-order chi connectivity index (χ0) is 13.3. The van der Waals surface area contributed by atoms with Crippen molar-refractivity contribution in [3.8, 4) is 0 Å². The van der Waals surface area contributed by atoms with Crippen LogP contribution >= 0.6 is 11.6 Å². The first-order chi connectivity index (χ1) is 8.40. The predicted octanol–water partition coefficient (Wildman–Crippen LogP) is 2.85. The van der Waals surface area contributed by atoms with Gasteiger partial charge in [0.15, 0.2) is 0 Å². The number of aliphatic hydroxyl groups excluding tert-OH is 1. The van der Waals surface area contributed by atoms with Crippen molar-refractivity contribution in [2.75, 3.05) is 5.32 Å². The SMILES string of the molecule is CC(O)C(C)(C)Nc1nc(Cl)nc2ccccc12. The molecule has 1 aromatic carbocycles. The molecule has 0 saturated carbocycles. The number of benzene rings is 1. The molecule has 96 valence electrons. The number of fused-ring (bicyclic) bond motifs is 1. The normalized spacial score (nSPS) is 13.6. The van der Waals surface area contributed by atoms with E-state index in [1.54, 1.807) is 6.92 Å². The first kappa shape index (κ1) is 13.1. The highest BCUT2D eigenvalue weighted by atomic mass is 35.5. The topological polar surface area (TPSA) is 58.0 Å². The zero-order valence-corrected chi connectivity index (χ0v) is 11.4. The molecule has 0 aliphatic rings. The second kappa shape index (κ2) is 4.71. The number of hydrogen-bond acceptors (Lipinski definition) is 4. The van der Waals surface area contributed by atoms with E-state index in [1.807, 2.05) is 38.1 Å². The van der Waals surface area contributed by atoms with Crippen molar-refractivity contribution in [1.82, 2.24) is 9.97 Å². The summed E-state index contributed by atoms with van der Waals surface area (Å²) in [5, 5.41) is 14.0. The Bertz CT molecular complexity index is 569. The first-order valence-corrected chi connectivity index (χ1v) is 6.16. The summed E-state index contributed by atoms with van der Waals surface area (Å²) in [6, 6.07) is 7.62. The Hall–Kier alpha value is -1.39. The Morgan fingerprint density at radius 2 is 1.94 bits per heavy atom. The highest BCUT2D eigenvalue weighted by molar-refractivity contribution is 6.28. The molecule has 0 radical (unpaired) electrons. The second-order valence-electron chi connectivity index (χ2n) is 4.88. The predicted molar refractivity (Wildman–Crippen MR) is 73.9 cm³/mol. The van der Waals surface area contributed by atoms with Gasteiger partial charge in [0.05, 0.1) is 17.2 Å². The minimum Gasteiger partial charge on any atom is -0.391 e. The van der Waals surface area contributed by atoms with Gasteiger partial charge in [-0.25, -0.2) is 9.97 Å². The van der Waals surface area contributed by atoms with Gasteiger partial charge in [-0.3, -0.25) is 0 Å². The van der Waals surface area contributed by atoms with E-state index in [0.29, 0.717) is 5.82 Å². The summed E-state index contributed by atoms with van der Waals surface area (Å²) in [5.41, 5.74) is 0.280. The summed E-state index contributed by atoms with van der Waals surface area (Å²) in [4.78, 5) is 8.36. The van der Waals surface area contributed by atoms with Crippen LogP contribution in [0, 0.1) is 0 Å². The first-order valence-electron chi connectivity index (χ1n) is 5.78. The van der Waals surface area contributed by atoms with E-state index in [0.717, 1.165) is 10.9 Å². The molecular formula is C13H16ClN3O. The lowest BCUT2D eigenvalue weighted by Gasteiger charge is -2.30. The molecule has 0 aliphatic heterocycles. The van der Waals surface area contributed by atoms with Crippen LogP contribution in [0.1, 0.15) is 20.8 Å². The van der Waals surface area contributed by atoms with Crippen LogP contribution in [-0.4, -0.2) is 26.7 Å². The maximum absolute atomic E-state index is 9.74. The van der Waals surface area contributed by atoms with Gasteiger partial charge in [-0.15, -0.1) is 0 Å². The van der Waals surface area contributed by atoms with Crippen LogP contribution in [0.25, 0.3) is 10.9 Å². The highest BCUT2D eigenvalue weighted by Crippen LogP contribution is 2.25. The van der Waals surface area contributed by atoms with Gasteiger partial charge in [0.2, 0.25) is 5.28 Å². The lowest BCUT2D eigenvalue weighted by molar-refractivity contribution is 0.133. The molecule has 0 aliphatic carbocycles. The Kier molecular flexibility index (Phi) is 3.41. The third-order valence-electron chi connectivity index (χ3n) is 3.06. The maximum Gasteiger partial charge on any atom is 0.224 e. The highest BCUT2D eigenvalue weighted by Gasteiger charge is 2.25.